The average molecular weight is 375 g/mol. The second-order valence-electron chi connectivity index (χ2n) is 7.19. The Bertz CT molecular complexity index is 945. The first-order chi connectivity index (χ1) is 13.7. The predicted octanol–water partition coefficient (Wildman–Crippen LogP) is 3.10. The summed E-state index contributed by atoms with van der Waals surface area (Å²) in [6.45, 7) is 5.55. The number of hydrogen-bond donors (Lipinski definition) is 1. The molecule has 1 saturated heterocycles. The number of hydrogen-bond acceptors (Lipinski definition) is 4. The topological polar surface area (TPSA) is 63.1 Å². The number of nitrogens with zero attached hydrogens (tertiary/aromatic N) is 4. The molecule has 1 fully saturated rings. The van der Waals surface area contributed by atoms with E-state index in [2.05, 4.69) is 38.6 Å². The fourth-order valence-electron chi connectivity index (χ4n) is 3.59. The molecule has 1 amide bonds. The number of nitrogens with one attached hydrogen (secondary N) is 1. The van der Waals surface area contributed by atoms with Gasteiger partial charge in [-0.15, -0.1) is 5.10 Å². The molecule has 2 heterocycles. The second kappa shape index (κ2) is 8.35. The number of amides is 1. The van der Waals surface area contributed by atoms with Crippen molar-refractivity contribution in [2.75, 3.05) is 13.1 Å². The van der Waals surface area contributed by atoms with E-state index in [1.165, 1.54) is 23.2 Å². The van der Waals surface area contributed by atoms with Gasteiger partial charge in [0.1, 0.15) is 0 Å². The molecule has 6 nitrogen and oxygen atoms in total. The molecule has 1 aliphatic heterocycles. The molecule has 0 atom stereocenters. The minimum atomic E-state index is -0.198. The summed E-state index contributed by atoms with van der Waals surface area (Å²) in [4.78, 5) is 16.7. The lowest BCUT2D eigenvalue weighted by atomic mass is 10.1. The van der Waals surface area contributed by atoms with Crippen molar-refractivity contribution in [3.8, 4) is 5.69 Å². The van der Waals surface area contributed by atoms with Crippen LogP contribution in [0.1, 0.15) is 40.2 Å². The standard InChI is InChI=1S/C22H25N5O/c1-17-21(25-27(24-17)20-11-3-2-4-12-20)22(28)23-15-18-9-5-6-10-19(18)16-26-13-7-8-14-26/h2-6,9-12H,7-8,13-16H2,1H3,(H,23,28). The highest BCUT2D eigenvalue weighted by Crippen LogP contribution is 2.16. The molecule has 4 rings (SSSR count). The summed E-state index contributed by atoms with van der Waals surface area (Å²) < 4.78 is 0. The first kappa shape index (κ1) is 18.4. The number of para-hydroxylation sites is 1. The molecule has 6 heteroatoms. The average Bonchev–Trinajstić information content (AvgIpc) is 3.37. The molecule has 144 valence electrons. The molecule has 28 heavy (non-hydrogen) atoms. The molecular formula is C22H25N5O. The van der Waals surface area contributed by atoms with Crippen LogP contribution in [0.3, 0.4) is 0 Å². The fourth-order valence-corrected chi connectivity index (χ4v) is 3.59. The highest BCUT2D eigenvalue weighted by Gasteiger charge is 2.17. The Morgan fingerprint density at radius 3 is 2.39 bits per heavy atom. The lowest BCUT2D eigenvalue weighted by Gasteiger charge is -2.17. The summed E-state index contributed by atoms with van der Waals surface area (Å²) in [5.74, 6) is -0.198. The van der Waals surface area contributed by atoms with Crippen LogP contribution in [0.5, 0.6) is 0 Å². The van der Waals surface area contributed by atoms with Gasteiger partial charge in [-0.1, -0.05) is 42.5 Å². The number of rotatable bonds is 6. The Morgan fingerprint density at radius 2 is 1.64 bits per heavy atom. The summed E-state index contributed by atoms with van der Waals surface area (Å²) >= 11 is 0. The first-order valence-electron chi connectivity index (χ1n) is 9.77. The minimum Gasteiger partial charge on any atom is -0.346 e. The van der Waals surface area contributed by atoms with Crippen molar-refractivity contribution in [2.45, 2.75) is 32.9 Å². The Balaban J connectivity index is 1.44. The van der Waals surface area contributed by atoms with Crippen LogP contribution >= 0.6 is 0 Å². The van der Waals surface area contributed by atoms with Crippen LogP contribution in [0.2, 0.25) is 0 Å². The third kappa shape index (κ3) is 4.12. The molecule has 0 spiro atoms. The molecule has 0 saturated carbocycles. The molecule has 0 bridgehead atoms. The van der Waals surface area contributed by atoms with E-state index in [9.17, 15) is 4.79 Å². The third-order valence-corrected chi connectivity index (χ3v) is 5.13. The van der Waals surface area contributed by atoms with Gasteiger partial charge in [0.25, 0.3) is 5.91 Å². The van der Waals surface area contributed by atoms with E-state index in [0.29, 0.717) is 17.9 Å². The molecular weight excluding hydrogens is 350 g/mol. The Labute approximate surface area is 165 Å². The summed E-state index contributed by atoms with van der Waals surface area (Å²) in [6, 6.07) is 17.9. The van der Waals surface area contributed by atoms with E-state index in [1.807, 2.05) is 43.3 Å². The Morgan fingerprint density at radius 1 is 0.964 bits per heavy atom. The van der Waals surface area contributed by atoms with Gasteiger partial charge in [0.05, 0.1) is 11.4 Å². The van der Waals surface area contributed by atoms with Crippen molar-refractivity contribution in [2.24, 2.45) is 0 Å². The lowest BCUT2D eigenvalue weighted by molar-refractivity contribution is 0.0944. The van der Waals surface area contributed by atoms with E-state index in [-0.39, 0.29) is 5.91 Å². The Kier molecular flexibility index (Phi) is 5.48. The molecule has 0 radical (unpaired) electrons. The summed E-state index contributed by atoms with van der Waals surface area (Å²) in [6.07, 6.45) is 2.55. The van der Waals surface area contributed by atoms with Crippen LogP contribution in [-0.4, -0.2) is 38.9 Å². The van der Waals surface area contributed by atoms with E-state index < -0.39 is 0 Å². The first-order valence-corrected chi connectivity index (χ1v) is 9.77. The van der Waals surface area contributed by atoms with Gasteiger partial charge in [-0.2, -0.15) is 9.90 Å². The van der Waals surface area contributed by atoms with Gasteiger partial charge in [-0.25, -0.2) is 0 Å². The quantitative estimate of drug-likeness (QED) is 0.719. The van der Waals surface area contributed by atoms with Gasteiger partial charge in [0.15, 0.2) is 5.69 Å². The van der Waals surface area contributed by atoms with Crippen molar-refractivity contribution in [1.82, 2.24) is 25.2 Å². The normalized spacial score (nSPS) is 14.3. The van der Waals surface area contributed by atoms with Crippen LogP contribution in [0.25, 0.3) is 5.69 Å². The summed E-state index contributed by atoms with van der Waals surface area (Å²) in [5.41, 5.74) is 4.23. The van der Waals surface area contributed by atoms with Crippen LogP contribution in [0.15, 0.2) is 54.6 Å². The number of benzene rings is 2. The van der Waals surface area contributed by atoms with Crippen LogP contribution < -0.4 is 5.32 Å². The largest absolute Gasteiger partial charge is 0.346 e. The number of aryl methyl sites for hydroxylation is 1. The van der Waals surface area contributed by atoms with E-state index in [1.54, 1.807) is 0 Å². The summed E-state index contributed by atoms with van der Waals surface area (Å²) in [7, 11) is 0. The van der Waals surface area contributed by atoms with E-state index in [4.69, 9.17) is 0 Å². The molecule has 0 aliphatic carbocycles. The van der Waals surface area contributed by atoms with E-state index >= 15 is 0 Å². The van der Waals surface area contributed by atoms with Gasteiger partial charge in [-0.3, -0.25) is 9.69 Å². The highest BCUT2D eigenvalue weighted by molar-refractivity contribution is 5.93. The molecule has 3 aromatic rings. The highest BCUT2D eigenvalue weighted by atomic mass is 16.2. The minimum absolute atomic E-state index is 0.198. The zero-order chi connectivity index (χ0) is 19.3. The van der Waals surface area contributed by atoms with Gasteiger partial charge in [-0.05, 0) is 56.1 Å². The van der Waals surface area contributed by atoms with Gasteiger partial charge in [0, 0.05) is 13.1 Å². The van der Waals surface area contributed by atoms with E-state index in [0.717, 1.165) is 30.9 Å². The van der Waals surface area contributed by atoms with Gasteiger partial charge < -0.3 is 5.32 Å². The molecule has 1 aromatic heterocycles. The van der Waals surface area contributed by atoms with Crippen LogP contribution in [-0.2, 0) is 13.1 Å². The maximum atomic E-state index is 12.7. The van der Waals surface area contributed by atoms with Crippen molar-refractivity contribution in [3.63, 3.8) is 0 Å². The zero-order valence-electron chi connectivity index (χ0n) is 16.1. The molecule has 1 N–H and O–H groups in total. The summed E-state index contributed by atoms with van der Waals surface area (Å²) in [5, 5.41) is 11.8. The molecule has 2 aromatic carbocycles. The predicted molar refractivity (Wildman–Crippen MR) is 108 cm³/mol. The van der Waals surface area contributed by atoms with Crippen molar-refractivity contribution >= 4 is 5.91 Å². The van der Waals surface area contributed by atoms with Crippen molar-refractivity contribution in [1.29, 1.82) is 0 Å². The van der Waals surface area contributed by atoms with Gasteiger partial charge >= 0.3 is 0 Å². The second-order valence-corrected chi connectivity index (χ2v) is 7.19. The molecule has 1 aliphatic rings. The van der Waals surface area contributed by atoms with Crippen molar-refractivity contribution in [3.05, 3.63) is 77.1 Å². The number of carbonyl (C=O) groups is 1. The lowest BCUT2D eigenvalue weighted by Crippen LogP contribution is -2.26. The fraction of sp³-hybridized carbons (Fsp3) is 0.318. The van der Waals surface area contributed by atoms with Gasteiger partial charge in [0.2, 0.25) is 0 Å². The number of carbonyl (C=O) groups excluding carboxylic acids is 1. The molecule has 0 unspecified atom stereocenters. The maximum absolute atomic E-state index is 12.7. The zero-order valence-corrected chi connectivity index (χ0v) is 16.1. The van der Waals surface area contributed by atoms with Crippen molar-refractivity contribution < 1.29 is 4.79 Å². The van der Waals surface area contributed by atoms with Crippen LogP contribution in [0.4, 0.5) is 0 Å². The Hall–Kier alpha value is -2.99. The number of aromatic nitrogens is 3. The smallest absolute Gasteiger partial charge is 0.274 e. The SMILES string of the molecule is Cc1nn(-c2ccccc2)nc1C(=O)NCc1ccccc1CN1CCCC1. The van der Waals surface area contributed by atoms with Crippen LogP contribution in [0, 0.1) is 6.92 Å². The number of likely N-dealkylation sites (tertiary alicyclic amines) is 1. The maximum Gasteiger partial charge on any atom is 0.274 e. The monoisotopic (exact) mass is 375 g/mol. The third-order valence-electron chi connectivity index (χ3n) is 5.13.